The summed E-state index contributed by atoms with van der Waals surface area (Å²) in [5.74, 6) is -1.93. The van der Waals surface area contributed by atoms with Gasteiger partial charge in [0.25, 0.3) is 0 Å². The molecule has 0 amide bonds. The maximum Gasteiger partial charge on any atom is 0.340 e. The summed E-state index contributed by atoms with van der Waals surface area (Å²) >= 11 is 0. The predicted octanol–water partition coefficient (Wildman–Crippen LogP) is 1.25. The number of carboxylic acids is 1. The molecule has 0 aliphatic rings. The van der Waals surface area contributed by atoms with Crippen LogP contribution >= 0.6 is 0 Å². The minimum absolute atomic E-state index is 0.133. The fraction of sp³-hybridized carbons (Fsp3) is 0.286. The first kappa shape index (κ1) is 10.7. The second-order valence-corrected chi connectivity index (χ2v) is 3.95. The van der Waals surface area contributed by atoms with E-state index < -0.39 is 26.7 Å². The highest BCUT2D eigenvalue weighted by molar-refractivity contribution is 7.86. The average molecular weight is 222 g/mol. The summed E-state index contributed by atoms with van der Waals surface area (Å²) in [6, 6.07) is 0. The molecule has 0 aliphatic heterocycles. The van der Waals surface area contributed by atoms with E-state index in [0.29, 0.717) is 0 Å². The lowest BCUT2D eigenvalue weighted by molar-refractivity contribution is 0.0691. The van der Waals surface area contributed by atoms with Crippen molar-refractivity contribution < 1.29 is 26.6 Å². The van der Waals surface area contributed by atoms with Crippen LogP contribution in [-0.2, 0) is 10.2 Å². The Kier molecular flexibility index (Phi) is 2.36. The van der Waals surface area contributed by atoms with Gasteiger partial charge in [0.15, 0.2) is 4.90 Å². The Bertz CT molecular complexity index is 484. The number of furan rings is 1. The Balaban J connectivity index is 3.65. The molecule has 0 unspecified atom stereocenters. The summed E-state index contributed by atoms with van der Waals surface area (Å²) in [5.41, 5.74) is -0.648. The molecule has 0 spiro atoms. The van der Waals surface area contributed by atoms with Crippen LogP contribution in [0.5, 0.6) is 0 Å². The van der Waals surface area contributed by atoms with Crippen LogP contribution in [-0.4, -0.2) is 19.5 Å². The summed E-state index contributed by atoms with van der Waals surface area (Å²) < 4.78 is 38.6. The van der Waals surface area contributed by atoms with E-state index in [4.69, 9.17) is 9.52 Å². The van der Waals surface area contributed by atoms with Gasteiger partial charge in [-0.25, -0.2) is 4.79 Å². The number of halogens is 1. The highest BCUT2D eigenvalue weighted by Crippen LogP contribution is 2.27. The van der Waals surface area contributed by atoms with Crippen LogP contribution in [0.3, 0.4) is 0 Å². The van der Waals surface area contributed by atoms with Crippen LogP contribution in [0, 0.1) is 13.8 Å². The molecule has 0 radical (unpaired) electrons. The third-order valence-corrected chi connectivity index (χ3v) is 2.64. The van der Waals surface area contributed by atoms with Gasteiger partial charge in [-0.1, -0.05) is 0 Å². The molecular formula is C7H7FO5S. The molecule has 78 valence electrons. The number of carbonyl (C=O) groups is 1. The Hall–Kier alpha value is -1.37. The zero-order valence-electron chi connectivity index (χ0n) is 7.37. The van der Waals surface area contributed by atoms with Crippen molar-refractivity contribution in [3.05, 3.63) is 17.1 Å². The normalized spacial score (nSPS) is 11.6. The molecule has 0 atom stereocenters. The minimum Gasteiger partial charge on any atom is -0.478 e. The average Bonchev–Trinajstić information content (AvgIpc) is 2.23. The molecular weight excluding hydrogens is 215 g/mol. The molecule has 0 saturated carbocycles. The Labute approximate surface area is 79.4 Å². The minimum atomic E-state index is -5.06. The predicted molar refractivity (Wildman–Crippen MR) is 43.4 cm³/mol. The molecule has 1 aromatic heterocycles. The fourth-order valence-electron chi connectivity index (χ4n) is 1.20. The topological polar surface area (TPSA) is 84.6 Å². The Morgan fingerprint density at radius 2 is 1.86 bits per heavy atom. The number of aryl methyl sites for hydroxylation is 2. The van der Waals surface area contributed by atoms with Gasteiger partial charge in [0.1, 0.15) is 17.1 Å². The standard InChI is InChI=1S/C7H7FO5S/c1-3-5(7(9)10)6(4(2)13-3)14(8,11)12/h1-2H3,(H,9,10). The maximum absolute atomic E-state index is 12.7. The molecule has 0 bridgehead atoms. The van der Waals surface area contributed by atoms with Crippen LogP contribution in [0.15, 0.2) is 9.31 Å². The largest absolute Gasteiger partial charge is 0.478 e. The molecule has 14 heavy (non-hydrogen) atoms. The molecule has 0 fully saturated rings. The van der Waals surface area contributed by atoms with Crippen LogP contribution < -0.4 is 0 Å². The first-order valence-electron chi connectivity index (χ1n) is 3.53. The van der Waals surface area contributed by atoms with E-state index in [1.54, 1.807) is 0 Å². The second kappa shape index (κ2) is 3.09. The van der Waals surface area contributed by atoms with E-state index in [1.807, 2.05) is 0 Å². The van der Waals surface area contributed by atoms with Gasteiger partial charge < -0.3 is 9.52 Å². The number of hydrogen-bond donors (Lipinski definition) is 1. The van der Waals surface area contributed by atoms with E-state index in [-0.39, 0.29) is 11.5 Å². The number of rotatable bonds is 2. The summed E-state index contributed by atoms with van der Waals surface area (Å²) in [6.07, 6.45) is 0. The smallest absolute Gasteiger partial charge is 0.340 e. The highest BCUT2D eigenvalue weighted by atomic mass is 32.3. The van der Waals surface area contributed by atoms with Crippen LogP contribution in [0.2, 0.25) is 0 Å². The van der Waals surface area contributed by atoms with Crippen molar-refractivity contribution >= 4 is 16.2 Å². The van der Waals surface area contributed by atoms with Gasteiger partial charge in [-0.05, 0) is 13.8 Å². The van der Waals surface area contributed by atoms with Crippen molar-refractivity contribution in [1.29, 1.82) is 0 Å². The summed E-state index contributed by atoms with van der Waals surface area (Å²) in [4.78, 5) is 9.71. The second-order valence-electron chi connectivity index (χ2n) is 2.66. The lowest BCUT2D eigenvalue weighted by Gasteiger charge is -1.93. The van der Waals surface area contributed by atoms with Gasteiger partial charge >= 0.3 is 16.2 Å². The lowest BCUT2D eigenvalue weighted by Crippen LogP contribution is -2.04. The van der Waals surface area contributed by atoms with Crippen molar-refractivity contribution in [3.8, 4) is 0 Å². The van der Waals surface area contributed by atoms with E-state index in [9.17, 15) is 17.1 Å². The molecule has 0 aliphatic carbocycles. The summed E-state index contributed by atoms with van der Waals surface area (Å²) in [5, 5.41) is 8.63. The van der Waals surface area contributed by atoms with Gasteiger partial charge in [-0.3, -0.25) is 0 Å². The fourth-order valence-corrected chi connectivity index (χ4v) is 2.06. The van der Waals surface area contributed by atoms with E-state index >= 15 is 0 Å². The maximum atomic E-state index is 12.7. The van der Waals surface area contributed by atoms with E-state index in [1.165, 1.54) is 13.8 Å². The zero-order valence-corrected chi connectivity index (χ0v) is 8.18. The van der Waals surface area contributed by atoms with Crippen molar-refractivity contribution in [1.82, 2.24) is 0 Å². The van der Waals surface area contributed by atoms with Crippen molar-refractivity contribution in [3.63, 3.8) is 0 Å². The zero-order chi connectivity index (χ0) is 11.1. The quantitative estimate of drug-likeness (QED) is 0.761. The van der Waals surface area contributed by atoms with Crippen molar-refractivity contribution in [2.24, 2.45) is 0 Å². The SMILES string of the molecule is Cc1oc(C)c(S(=O)(=O)F)c1C(=O)O. The Morgan fingerprint density at radius 1 is 1.36 bits per heavy atom. The third kappa shape index (κ3) is 1.63. The van der Waals surface area contributed by atoms with Crippen molar-refractivity contribution in [2.45, 2.75) is 18.7 Å². The van der Waals surface area contributed by atoms with Gasteiger partial charge in [0.2, 0.25) is 0 Å². The van der Waals surface area contributed by atoms with Crippen LogP contribution in [0.1, 0.15) is 21.9 Å². The molecule has 0 saturated heterocycles. The monoisotopic (exact) mass is 222 g/mol. The first-order valence-corrected chi connectivity index (χ1v) is 4.91. The Morgan fingerprint density at radius 3 is 2.14 bits per heavy atom. The third-order valence-electron chi connectivity index (χ3n) is 1.66. The number of carboxylic acid groups (broad SMARTS) is 1. The van der Waals surface area contributed by atoms with Crippen LogP contribution in [0.4, 0.5) is 3.89 Å². The molecule has 1 heterocycles. The summed E-state index contributed by atoms with van der Waals surface area (Å²) in [7, 11) is -5.06. The van der Waals surface area contributed by atoms with Gasteiger partial charge in [-0.15, -0.1) is 3.89 Å². The molecule has 1 rings (SSSR count). The first-order chi connectivity index (χ1) is 6.25. The van der Waals surface area contributed by atoms with Gasteiger partial charge in [0.05, 0.1) is 0 Å². The molecule has 0 aromatic carbocycles. The molecule has 1 N–H and O–H groups in total. The number of hydrogen-bond acceptors (Lipinski definition) is 4. The highest BCUT2D eigenvalue weighted by Gasteiger charge is 2.30. The van der Waals surface area contributed by atoms with Gasteiger partial charge in [0, 0.05) is 0 Å². The van der Waals surface area contributed by atoms with Gasteiger partial charge in [-0.2, -0.15) is 8.42 Å². The molecule has 7 heteroatoms. The van der Waals surface area contributed by atoms with Crippen molar-refractivity contribution in [2.75, 3.05) is 0 Å². The number of aromatic carboxylic acids is 1. The molecule has 1 aromatic rings. The lowest BCUT2D eigenvalue weighted by atomic mass is 10.2. The van der Waals surface area contributed by atoms with Crippen LogP contribution in [0.25, 0.3) is 0 Å². The summed E-state index contributed by atoms with van der Waals surface area (Å²) in [6.45, 7) is 2.44. The van der Waals surface area contributed by atoms with E-state index in [2.05, 4.69) is 0 Å². The van der Waals surface area contributed by atoms with E-state index in [0.717, 1.165) is 0 Å². The molecule has 5 nitrogen and oxygen atoms in total.